The van der Waals surface area contributed by atoms with Gasteiger partial charge in [0.25, 0.3) is 5.91 Å². The van der Waals surface area contributed by atoms with Crippen molar-refractivity contribution >= 4 is 32.8 Å². The maximum absolute atomic E-state index is 12.3. The van der Waals surface area contributed by atoms with E-state index in [0.29, 0.717) is 16.8 Å². The van der Waals surface area contributed by atoms with Gasteiger partial charge in [-0.2, -0.15) is 0 Å². The average Bonchev–Trinajstić information content (AvgIpc) is 3.20. The Labute approximate surface area is 154 Å². The zero-order valence-electron chi connectivity index (χ0n) is 15.1. The van der Waals surface area contributed by atoms with Crippen LogP contribution in [0.25, 0.3) is 11.0 Å². The van der Waals surface area contributed by atoms with Gasteiger partial charge in [0.2, 0.25) is 16.1 Å². The van der Waals surface area contributed by atoms with Gasteiger partial charge in [0, 0.05) is 20.2 Å². The van der Waals surface area contributed by atoms with Crippen LogP contribution < -0.4 is 10.2 Å². The largest absolute Gasteiger partial charge is 0.382 e. The summed E-state index contributed by atoms with van der Waals surface area (Å²) in [5, 5.41) is 13.9. The fraction of sp³-hybridized carbons (Fsp3) is 0.333. The maximum Gasteiger partial charge on any atom is 0.269 e. The Hall–Kier alpha value is -2.99. The Morgan fingerprint density at radius 2 is 2.07 bits per heavy atom. The van der Waals surface area contributed by atoms with Crippen molar-refractivity contribution in [3.05, 3.63) is 30.0 Å². The number of nitrogens with zero attached hydrogens (tertiary/aromatic N) is 5. The van der Waals surface area contributed by atoms with E-state index >= 15 is 0 Å². The molecule has 27 heavy (non-hydrogen) atoms. The minimum atomic E-state index is -3.64. The van der Waals surface area contributed by atoms with E-state index in [1.807, 2.05) is 0 Å². The smallest absolute Gasteiger partial charge is 0.269 e. The second-order valence-corrected chi connectivity index (χ2v) is 8.11. The molecule has 2 heterocycles. The summed E-state index contributed by atoms with van der Waals surface area (Å²) < 4.78 is 30.6. The van der Waals surface area contributed by atoms with Gasteiger partial charge in [-0.05, 0) is 37.3 Å². The number of anilines is 1. The highest BCUT2D eigenvalue weighted by Gasteiger charge is 2.22. The van der Waals surface area contributed by atoms with Crippen LogP contribution in [-0.4, -0.2) is 59.1 Å². The highest BCUT2D eigenvalue weighted by Crippen LogP contribution is 2.19. The molecule has 0 saturated heterocycles. The monoisotopic (exact) mass is 394 g/mol. The Bertz CT molecular complexity index is 1090. The second-order valence-electron chi connectivity index (χ2n) is 5.96. The molecule has 1 N–H and O–H groups in total. The van der Waals surface area contributed by atoms with E-state index in [0.717, 1.165) is 9.15 Å². The Kier molecular flexibility index (Phi) is 4.85. The van der Waals surface area contributed by atoms with Crippen molar-refractivity contribution in [3.8, 4) is 0 Å². The molecule has 0 bridgehead atoms. The predicted octanol–water partition coefficient (Wildman–Crippen LogP) is 0.434. The summed E-state index contributed by atoms with van der Waals surface area (Å²) in [7, 11) is -0.767. The van der Waals surface area contributed by atoms with Crippen molar-refractivity contribution in [2.24, 2.45) is 0 Å². The summed E-state index contributed by atoms with van der Waals surface area (Å²) >= 11 is 0. The first-order valence-corrected chi connectivity index (χ1v) is 9.32. The fourth-order valence-electron chi connectivity index (χ4n) is 2.18. The normalized spacial score (nSPS) is 13.1. The topological polar surface area (TPSA) is 132 Å². The number of amides is 1. The zero-order valence-corrected chi connectivity index (χ0v) is 15.9. The molecule has 0 aliphatic rings. The lowest BCUT2D eigenvalue weighted by Gasteiger charge is -2.13. The molecule has 1 amide bonds. The summed E-state index contributed by atoms with van der Waals surface area (Å²) in [6.45, 7) is 3.21. The molecule has 0 aliphatic carbocycles. The number of carbonyl (C=O) groups excluding carboxylic acids is 1. The van der Waals surface area contributed by atoms with Gasteiger partial charge >= 0.3 is 0 Å². The van der Waals surface area contributed by atoms with E-state index < -0.39 is 22.0 Å². The Morgan fingerprint density at radius 1 is 1.33 bits per heavy atom. The molecular formula is C15H18N6O5S. The molecule has 12 heteroatoms. The Morgan fingerprint density at radius 3 is 2.70 bits per heavy atom. The summed E-state index contributed by atoms with van der Waals surface area (Å²) in [4.78, 5) is 18.8. The van der Waals surface area contributed by atoms with Crippen LogP contribution in [0.4, 0.5) is 5.82 Å². The molecule has 3 aromatic rings. The maximum atomic E-state index is 12.3. The van der Waals surface area contributed by atoms with E-state index in [-0.39, 0.29) is 10.7 Å². The van der Waals surface area contributed by atoms with E-state index in [9.17, 15) is 13.2 Å². The summed E-state index contributed by atoms with van der Waals surface area (Å²) in [6, 6.07) is 5.89. The zero-order chi connectivity index (χ0) is 19.8. The number of aryl methyl sites for hydroxylation is 1. The van der Waals surface area contributed by atoms with Gasteiger partial charge in [-0.1, -0.05) is 10.0 Å². The Balaban J connectivity index is 1.83. The number of sulfonamides is 1. The second kappa shape index (κ2) is 6.96. The van der Waals surface area contributed by atoms with E-state index in [1.54, 1.807) is 13.0 Å². The molecule has 3 rings (SSSR count). The van der Waals surface area contributed by atoms with Gasteiger partial charge in [0.15, 0.2) is 5.82 Å². The van der Waals surface area contributed by atoms with Crippen molar-refractivity contribution in [2.45, 2.75) is 24.8 Å². The standard InChI is InChI=1S/C15H18N6O5S/c1-9-7-14(18-25-9)16-15(22)10(2)26-21-13-8-11(27(23,24)20(3)4)5-6-12(13)17-19-21/h5-8,10H,1-4H3,(H,16,18,22). The van der Waals surface area contributed by atoms with Crippen molar-refractivity contribution in [2.75, 3.05) is 19.4 Å². The van der Waals surface area contributed by atoms with Gasteiger partial charge in [-0.15, -0.1) is 5.10 Å². The number of carbonyl (C=O) groups is 1. The van der Waals surface area contributed by atoms with E-state index in [2.05, 4.69) is 20.8 Å². The molecule has 0 fully saturated rings. The molecule has 144 valence electrons. The van der Waals surface area contributed by atoms with Crippen LogP contribution in [0, 0.1) is 6.92 Å². The van der Waals surface area contributed by atoms with Crippen LogP contribution in [0.15, 0.2) is 33.7 Å². The number of benzene rings is 1. The lowest BCUT2D eigenvalue weighted by molar-refractivity contribution is -0.127. The number of fused-ring (bicyclic) bond motifs is 1. The molecule has 11 nitrogen and oxygen atoms in total. The van der Waals surface area contributed by atoms with E-state index in [1.165, 1.54) is 39.2 Å². The summed E-state index contributed by atoms with van der Waals surface area (Å²) in [5.41, 5.74) is 0.738. The van der Waals surface area contributed by atoms with Crippen molar-refractivity contribution in [1.29, 1.82) is 0 Å². The third-order valence-electron chi connectivity index (χ3n) is 3.67. The minimum absolute atomic E-state index is 0.0577. The number of rotatable bonds is 6. The lowest BCUT2D eigenvalue weighted by atomic mass is 10.3. The van der Waals surface area contributed by atoms with Gasteiger partial charge in [0.05, 0.1) is 4.90 Å². The molecule has 1 unspecified atom stereocenters. The first kappa shape index (κ1) is 18.8. The van der Waals surface area contributed by atoms with Crippen LogP contribution in [-0.2, 0) is 14.8 Å². The average molecular weight is 394 g/mol. The number of hydrogen-bond donors (Lipinski definition) is 1. The van der Waals surface area contributed by atoms with Gasteiger partial charge in [-0.3, -0.25) is 4.79 Å². The SMILES string of the molecule is Cc1cc(NC(=O)C(C)On2nnc3ccc(S(=O)(=O)N(C)C)cc32)no1. The molecule has 2 aromatic heterocycles. The highest BCUT2D eigenvalue weighted by atomic mass is 32.2. The number of hydrogen-bond acceptors (Lipinski definition) is 8. The number of aromatic nitrogens is 4. The van der Waals surface area contributed by atoms with Crippen molar-refractivity contribution in [3.63, 3.8) is 0 Å². The summed E-state index contributed by atoms with van der Waals surface area (Å²) in [6.07, 6.45) is -0.957. The molecule has 1 aromatic carbocycles. The van der Waals surface area contributed by atoms with Crippen LogP contribution in [0.1, 0.15) is 12.7 Å². The molecule has 0 aliphatic heterocycles. The van der Waals surface area contributed by atoms with Crippen LogP contribution in [0.5, 0.6) is 0 Å². The van der Waals surface area contributed by atoms with Gasteiger partial charge in [-0.25, -0.2) is 12.7 Å². The first-order chi connectivity index (χ1) is 12.7. The van der Waals surface area contributed by atoms with Crippen molar-refractivity contribution in [1.82, 2.24) is 24.6 Å². The molecular weight excluding hydrogens is 376 g/mol. The van der Waals surface area contributed by atoms with Crippen LogP contribution >= 0.6 is 0 Å². The van der Waals surface area contributed by atoms with Crippen LogP contribution in [0.2, 0.25) is 0 Å². The number of nitrogens with one attached hydrogen (secondary N) is 1. The van der Waals surface area contributed by atoms with Gasteiger partial charge in [0.1, 0.15) is 16.8 Å². The predicted molar refractivity (Wildman–Crippen MR) is 94.3 cm³/mol. The molecule has 1 atom stereocenters. The highest BCUT2D eigenvalue weighted by molar-refractivity contribution is 7.89. The first-order valence-electron chi connectivity index (χ1n) is 7.88. The lowest BCUT2D eigenvalue weighted by Crippen LogP contribution is -2.35. The minimum Gasteiger partial charge on any atom is -0.382 e. The molecule has 0 radical (unpaired) electrons. The van der Waals surface area contributed by atoms with Crippen LogP contribution in [0.3, 0.4) is 0 Å². The summed E-state index contributed by atoms with van der Waals surface area (Å²) in [5.74, 6) is 0.329. The molecule has 0 saturated carbocycles. The third kappa shape index (κ3) is 3.75. The molecule has 0 spiro atoms. The van der Waals surface area contributed by atoms with E-state index in [4.69, 9.17) is 9.36 Å². The van der Waals surface area contributed by atoms with Crippen molar-refractivity contribution < 1.29 is 22.6 Å². The van der Waals surface area contributed by atoms with Gasteiger partial charge < -0.3 is 14.7 Å². The quantitative estimate of drug-likeness (QED) is 0.637. The fourth-order valence-corrected chi connectivity index (χ4v) is 3.10. The third-order valence-corrected chi connectivity index (χ3v) is 5.48.